The van der Waals surface area contributed by atoms with Crippen LogP contribution in [0.1, 0.15) is 31.4 Å². The largest absolute Gasteiger partial charge is 0.497 e. The van der Waals surface area contributed by atoms with Crippen LogP contribution in [0, 0.1) is 0 Å². The molecule has 2 aromatic rings. The van der Waals surface area contributed by atoms with Crippen molar-refractivity contribution in [2.45, 2.75) is 39.4 Å². The number of hydrogen-bond donors (Lipinski definition) is 3. The molecular formula is C18H25N4O3+. The highest BCUT2D eigenvalue weighted by Crippen LogP contribution is 2.15. The van der Waals surface area contributed by atoms with E-state index >= 15 is 0 Å². The number of H-pyrrole nitrogens is 1. The molecule has 0 aliphatic carbocycles. The van der Waals surface area contributed by atoms with Crippen molar-refractivity contribution in [3.8, 4) is 5.75 Å². The van der Waals surface area contributed by atoms with Crippen molar-refractivity contribution in [1.29, 1.82) is 0 Å². The molecule has 0 amide bonds. The Kier molecular flexibility index (Phi) is 4.94. The zero-order valence-electron chi connectivity index (χ0n) is 14.9. The fourth-order valence-electron chi connectivity index (χ4n) is 3.17. The molecule has 0 saturated heterocycles. The Hall–Kier alpha value is -2.54. The summed E-state index contributed by atoms with van der Waals surface area (Å²) in [6, 6.07) is 8.01. The van der Waals surface area contributed by atoms with Crippen LogP contribution in [0.3, 0.4) is 0 Å². The molecule has 1 unspecified atom stereocenters. The van der Waals surface area contributed by atoms with Crippen LogP contribution >= 0.6 is 0 Å². The summed E-state index contributed by atoms with van der Waals surface area (Å²) < 4.78 is 6.77. The van der Waals surface area contributed by atoms with E-state index in [-0.39, 0.29) is 11.2 Å². The fraction of sp³-hybridized carbons (Fsp3) is 0.444. The monoisotopic (exact) mass is 345 g/mol. The molecule has 7 heteroatoms. The second kappa shape index (κ2) is 7.14. The SMILES string of the molecule is CC[C@@H](C)[NH+]1CNc2c(c(=O)[nH]c(=O)n2Cc2ccc(OC)cc2)C1. The predicted octanol–water partition coefficient (Wildman–Crippen LogP) is 0.160. The van der Waals surface area contributed by atoms with Gasteiger partial charge in [-0.3, -0.25) is 14.3 Å². The van der Waals surface area contributed by atoms with Crippen LogP contribution in [-0.2, 0) is 13.1 Å². The van der Waals surface area contributed by atoms with Crippen molar-refractivity contribution in [1.82, 2.24) is 9.55 Å². The fourth-order valence-corrected chi connectivity index (χ4v) is 3.17. The van der Waals surface area contributed by atoms with Gasteiger partial charge in [0.15, 0.2) is 6.67 Å². The molecule has 1 aliphatic rings. The number of nitrogens with one attached hydrogen (secondary N) is 3. The maximum absolute atomic E-state index is 12.3. The van der Waals surface area contributed by atoms with Gasteiger partial charge in [0.2, 0.25) is 0 Å². The highest BCUT2D eigenvalue weighted by molar-refractivity contribution is 5.44. The van der Waals surface area contributed by atoms with Crippen LogP contribution in [0.5, 0.6) is 5.75 Å². The summed E-state index contributed by atoms with van der Waals surface area (Å²) in [4.78, 5) is 28.4. The van der Waals surface area contributed by atoms with Gasteiger partial charge in [-0.25, -0.2) is 4.79 Å². The van der Waals surface area contributed by atoms with Crippen LogP contribution in [-0.4, -0.2) is 29.4 Å². The van der Waals surface area contributed by atoms with Gasteiger partial charge in [0, 0.05) is 0 Å². The molecule has 1 aromatic heterocycles. The summed E-state index contributed by atoms with van der Waals surface area (Å²) in [5.41, 5.74) is 0.934. The maximum Gasteiger partial charge on any atom is 0.330 e. The van der Waals surface area contributed by atoms with E-state index in [1.54, 1.807) is 11.7 Å². The molecule has 0 radical (unpaired) electrons. The Bertz CT molecular complexity index is 854. The molecule has 2 heterocycles. The molecule has 3 N–H and O–H groups in total. The summed E-state index contributed by atoms with van der Waals surface area (Å²) in [6.07, 6.45) is 1.04. The molecule has 0 saturated carbocycles. The first-order valence-electron chi connectivity index (χ1n) is 8.60. The molecule has 2 atom stereocenters. The minimum absolute atomic E-state index is 0.293. The summed E-state index contributed by atoms with van der Waals surface area (Å²) >= 11 is 0. The lowest BCUT2D eigenvalue weighted by Gasteiger charge is -2.31. The number of anilines is 1. The third-order valence-electron chi connectivity index (χ3n) is 4.99. The zero-order chi connectivity index (χ0) is 18.0. The number of aromatic nitrogens is 2. The smallest absolute Gasteiger partial charge is 0.330 e. The third kappa shape index (κ3) is 3.46. The molecule has 3 rings (SSSR count). The second-order valence-corrected chi connectivity index (χ2v) is 6.52. The number of nitrogens with zero attached hydrogens (tertiary/aromatic N) is 1. The molecule has 1 aliphatic heterocycles. The Morgan fingerprint density at radius 2 is 2.00 bits per heavy atom. The lowest BCUT2D eigenvalue weighted by atomic mass is 10.1. The van der Waals surface area contributed by atoms with Crippen molar-refractivity contribution >= 4 is 5.82 Å². The van der Waals surface area contributed by atoms with Gasteiger partial charge in [-0.2, -0.15) is 0 Å². The summed E-state index contributed by atoms with van der Waals surface area (Å²) in [5.74, 6) is 1.40. The van der Waals surface area contributed by atoms with Gasteiger partial charge < -0.3 is 15.0 Å². The van der Waals surface area contributed by atoms with Crippen molar-refractivity contribution in [2.24, 2.45) is 0 Å². The van der Waals surface area contributed by atoms with E-state index in [4.69, 9.17) is 4.74 Å². The van der Waals surface area contributed by atoms with Crippen LogP contribution in [0.15, 0.2) is 33.9 Å². The van der Waals surface area contributed by atoms with Crippen molar-refractivity contribution in [3.05, 3.63) is 56.2 Å². The standard InChI is InChI=1S/C18H24N4O3/c1-4-12(2)21-10-15-16(19-11-21)22(18(24)20-17(15)23)9-13-5-7-14(25-3)8-6-13/h5-8,12,19H,4,9-11H2,1-3H3,(H,20,23,24)/p+1/t12-/m1/s1. The van der Waals surface area contributed by atoms with Gasteiger partial charge >= 0.3 is 5.69 Å². The summed E-state index contributed by atoms with van der Waals surface area (Å²) in [6.45, 7) is 6.03. The lowest BCUT2D eigenvalue weighted by molar-refractivity contribution is -0.935. The van der Waals surface area contributed by atoms with Gasteiger partial charge in [-0.15, -0.1) is 0 Å². The topological polar surface area (TPSA) is 80.6 Å². The molecule has 1 aromatic carbocycles. The van der Waals surface area contributed by atoms with E-state index in [0.29, 0.717) is 37.2 Å². The number of rotatable bonds is 5. The number of methoxy groups -OCH3 is 1. The van der Waals surface area contributed by atoms with Gasteiger partial charge in [0.05, 0.1) is 19.7 Å². The van der Waals surface area contributed by atoms with Crippen molar-refractivity contribution in [2.75, 3.05) is 19.1 Å². The predicted molar refractivity (Wildman–Crippen MR) is 96.3 cm³/mol. The highest BCUT2D eigenvalue weighted by atomic mass is 16.5. The maximum atomic E-state index is 12.3. The Morgan fingerprint density at radius 3 is 2.64 bits per heavy atom. The average molecular weight is 345 g/mol. The number of benzene rings is 1. The van der Waals surface area contributed by atoms with E-state index in [0.717, 1.165) is 17.7 Å². The molecule has 25 heavy (non-hydrogen) atoms. The Labute approximate surface area is 146 Å². The quantitative estimate of drug-likeness (QED) is 0.721. The molecule has 134 valence electrons. The molecule has 0 bridgehead atoms. The Morgan fingerprint density at radius 1 is 1.28 bits per heavy atom. The normalized spacial score (nSPS) is 17.5. The van der Waals surface area contributed by atoms with Crippen LogP contribution < -0.4 is 26.2 Å². The molecule has 0 spiro atoms. The number of quaternary nitrogens is 1. The minimum Gasteiger partial charge on any atom is -0.497 e. The minimum atomic E-state index is -0.390. The lowest BCUT2D eigenvalue weighted by Crippen LogP contribution is -3.16. The molecule has 7 nitrogen and oxygen atoms in total. The van der Waals surface area contributed by atoms with Gasteiger partial charge in [-0.05, 0) is 31.0 Å². The van der Waals surface area contributed by atoms with Gasteiger partial charge in [0.1, 0.15) is 23.7 Å². The van der Waals surface area contributed by atoms with E-state index < -0.39 is 0 Å². The number of aromatic amines is 1. The first kappa shape index (κ1) is 17.3. The van der Waals surface area contributed by atoms with Crippen LogP contribution in [0.25, 0.3) is 0 Å². The molecular weight excluding hydrogens is 320 g/mol. The Balaban J connectivity index is 1.95. The third-order valence-corrected chi connectivity index (χ3v) is 4.99. The average Bonchev–Trinajstić information content (AvgIpc) is 2.64. The van der Waals surface area contributed by atoms with Crippen molar-refractivity contribution in [3.63, 3.8) is 0 Å². The number of ether oxygens (including phenoxy) is 1. The summed E-state index contributed by atoms with van der Waals surface area (Å²) in [5, 5.41) is 3.30. The first-order valence-corrected chi connectivity index (χ1v) is 8.60. The number of fused-ring (bicyclic) bond motifs is 1. The highest BCUT2D eigenvalue weighted by Gasteiger charge is 2.27. The first-order chi connectivity index (χ1) is 12.0. The van der Waals surface area contributed by atoms with Gasteiger partial charge in [0.25, 0.3) is 5.56 Å². The van der Waals surface area contributed by atoms with E-state index in [9.17, 15) is 9.59 Å². The van der Waals surface area contributed by atoms with E-state index in [2.05, 4.69) is 24.1 Å². The molecule has 0 fully saturated rings. The second-order valence-electron chi connectivity index (χ2n) is 6.52. The summed E-state index contributed by atoms with van der Waals surface area (Å²) in [7, 11) is 1.62. The van der Waals surface area contributed by atoms with Gasteiger partial charge in [-0.1, -0.05) is 19.1 Å². The zero-order valence-corrected chi connectivity index (χ0v) is 14.9. The number of hydrogen-bond acceptors (Lipinski definition) is 4. The van der Waals surface area contributed by atoms with E-state index in [1.165, 1.54) is 4.90 Å². The van der Waals surface area contributed by atoms with Crippen LogP contribution in [0.4, 0.5) is 5.82 Å². The van der Waals surface area contributed by atoms with Crippen molar-refractivity contribution < 1.29 is 9.64 Å². The van der Waals surface area contributed by atoms with E-state index in [1.807, 2.05) is 24.3 Å². The van der Waals surface area contributed by atoms with Crippen LogP contribution in [0.2, 0.25) is 0 Å².